The summed E-state index contributed by atoms with van der Waals surface area (Å²) in [6, 6.07) is 9.04. The zero-order valence-electron chi connectivity index (χ0n) is 10.5. The lowest BCUT2D eigenvalue weighted by Crippen LogP contribution is -2.34. The first-order chi connectivity index (χ1) is 9.00. The minimum atomic E-state index is -1.20. The van der Waals surface area contributed by atoms with E-state index >= 15 is 0 Å². The van der Waals surface area contributed by atoms with Gasteiger partial charge in [0.2, 0.25) is 0 Å². The zero-order valence-corrected chi connectivity index (χ0v) is 10.5. The molecule has 1 unspecified atom stereocenters. The van der Waals surface area contributed by atoms with E-state index in [0.29, 0.717) is 0 Å². The van der Waals surface area contributed by atoms with Crippen molar-refractivity contribution in [3.05, 3.63) is 48.0 Å². The Morgan fingerprint density at radius 1 is 1.37 bits per heavy atom. The maximum atomic E-state index is 11.3. The van der Waals surface area contributed by atoms with Crippen molar-refractivity contribution in [2.75, 3.05) is 13.7 Å². The minimum Gasteiger partial charge on any atom is -0.478 e. The Kier molecular flexibility index (Phi) is 5.72. The number of ether oxygens (including phenoxy) is 1. The van der Waals surface area contributed by atoms with E-state index in [9.17, 15) is 9.59 Å². The molecule has 1 atom stereocenters. The van der Waals surface area contributed by atoms with Gasteiger partial charge < -0.3 is 9.84 Å². The number of likely N-dealkylation sites (N-methyl/N-ethyl adjacent to an activating group) is 1. The molecule has 1 aromatic carbocycles. The molecule has 19 heavy (non-hydrogen) atoms. The molecule has 0 aliphatic carbocycles. The van der Waals surface area contributed by atoms with E-state index in [1.807, 2.05) is 30.3 Å². The smallest absolute Gasteiger partial charge is 0.331 e. The van der Waals surface area contributed by atoms with Crippen molar-refractivity contribution in [3.8, 4) is 0 Å². The number of carbonyl (C=O) groups excluding carboxylic acids is 1. The van der Waals surface area contributed by atoms with Crippen molar-refractivity contribution in [3.63, 3.8) is 0 Å². The number of rotatable bonds is 6. The number of carbonyl (C=O) groups is 2. The van der Waals surface area contributed by atoms with Crippen LogP contribution in [-0.2, 0) is 14.3 Å². The van der Waals surface area contributed by atoms with Gasteiger partial charge in [-0.25, -0.2) is 14.6 Å². The molecule has 102 valence electrons. The monoisotopic (exact) mass is 264 g/mol. The molecular formula is C13H16N2O4. The maximum Gasteiger partial charge on any atom is 0.331 e. The van der Waals surface area contributed by atoms with Crippen LogP contribution in [0.2, 0.25) is 0 Å². The standard InChI is InChI=1S/C13H16N2O4/c1-15(14)11(10-5-3-2-4-6-10)9-19-13(18)8-7-12(16)17/h2-8,11H,9,14H2,1H3,(H,16,17)/b8-7-. The number of hydrazine groups is 1. The fraction of sp³-hybridized carbons (Fsp3) is 0.231. The highest BCUT2D eigenvalue weighted by Gasteiger charge is 2.16. The van der Waals surface area contributed by atoms with Gasteiger partial charge in [-0.15, -0.1) is 0 Å². The first kappa shape index (κ1) is 14.9. The molecule has 0 heterocycles. The van der Waals surface area contributed by atoms with Crippen LogP contribution >= 0.6 is 0 Å². The molecule has 1 rings (SSSR count). The average molecular weight is 264 g/mol. The van der Waals surface area contributed by atoms with Gasteiger partial charge in [0.05, 0.1) is 6.04 Å². The second-order valence-electron chi connectivity index (χ2n) is 3.89. The van der Waals surface area contributed by atoms with Gasteiger partial charge in [-0.2, -0.15) is 0 Å². The summed E-state index contributed by atoms with van der Waals surface area (Å²) in [5.74, 6) is 3.79. The molecule has 0 saturated carbocycles. The molecule has 1 aromatic rings. The zero-order chi connectivity index (χ0) is 14.3. The molecule has 0 radical (unpaired) electrons. The van der Waals surface area contributed by atoms with Crippen LogP contribution in [0.3, 0.4) is 0 Å². The lowest BCUT2D eigenvalue weighted by Gasteiger charge is -2.23. The summed E-state index contributed by atoms with van der Waals surface area (Å²) in [7, 11) is 1.67. The summed E-state index contributed by atoms with van der Waals surface area (Å²) >= 11 is 0. The maximum absolute atomic E-state index is 11.3. The van der Waals surface area contributed by atoms with Gasteiger partial charge in [-0.1, -0.05) is 30.3 Å². The van der Waals surface area contributed by atoms with E-state index in [-0.39, 0.29) is 12.6 Å². The molecule has 0 aliphatic heterocycles. The summed E-state index contributed by atoms with van der Waals surface area (Å²) in [5.41, 5.74) is 0.905. The van der Waals surface area contributed by atoms with Gasteiger partial charge in [0.1, 0.15) is 6.61 Å². The SMILES string of the molecule is CN(N)C(COC(=O)/C=C\C(=O)O)c1ccccc1. The summed E-state index contributed by atoms with van der Waals surface area (Å²) in [6.07, 6.45) is 1.59. The summed E-state index contributed by atoms with van der Waals surface area (Å²) in [4.78, 5) is 21.5. The van der Waals surface area contributed by atoms with Gasteiger partial charge in [-0.3, -0.25) is 5.84 Å². The number of hydrogen-bond acceptors (Lipinski definition) is 5. The molecule has 6 nitrogen and oxygen atoms in total. The van der Waals surface area contributed by atoms with Crippen LogP contribution in [0.25, 0.3) is 0 Å². The van der Waals surface area contributed by atoms with Gasteiger partial charge in [0, 0.05) is 19.2 Å². The predicted octanol–water partition coefficient (Wildman–Crippen LogP) is 0.717. The predicted molar refractivity (Wildman–Crippen MR) is 68.9 cm³/mol. The topological polar surface area (TPSA) is 92.9 Å². The Balaban J connectivity index is 2.61. The van der Waals surface area contributed by atoms with Crippen LogP contribution in [0.15, 0.2) is 42.5 Å². The van der Waals surface area contributed by atoms with Gasteiger partial charge in [0.25, 0.3) is 0 Å². The highest BCUT2D eigenvalue weighted by Crippen LogP contribution is 2.16. The van der Waals surface area contributed by atoms with Crippen LogP contribution in [-0.4, -0.2) is 35.7 Å². The molecule has 0 saturated heterocycles. The highest BCUT2D eigenvalue weighted by atomic mass is 16.5. The van der Waals surface area contributed by atoms with Crippen molar-refractivity contribution in [2.24, 2.45) is 5.84 Å². The molecule has 3 N–H and O–H groups in total. The van der Waals surface area contributed by atoms with Gasteiger partial charge in [-0.05, 0) is 5.56 Å². The molecule has 6 heteroatoms. The van der Waals surface area contributed by atoms with Crippen LogP contribution in [0.1, 0.15) is 11.6 Å². The second kappa shape index (κ2) is 7.30. The van der Waals surface area contributed by atoms with E-state index in [1.54, 1.807) is 7.05 Å². The summed E-state index contributed by atoms with van der Waals surface area (Å²) in [5, 5.41) is 9.82. The molecule has 0 bridgehead atoms. The number of nitrogens with two attached hydrogens (primary N) is 1. The van der Waals surface area contributed by atoms with Crippen molar-refractivity contribution in [1.82, 2.24) is 5.01 Å². The van der Waals surface area contributed by atoms with Crippen molar-refractivity contribution >= 4 is 11.9 Å². The number of carboxylic acids is 1. The fourth-order valence-electron chi connectivity index (χ4n) is 1.47. The largest absolute Gasteiger partial charge is 0.478 e. The third-order valence-corrected chi connectivity index (χ3v) is 2.42. The van der Waals surface area contributed by atoms with E-state index in [1.165, 1.54) is 5.01 Å². The molecule has 0 amide bonds. The minimum absolute atomic E-state index is 0.0415. The lowest BCUT2D eigenvalue weighted by atomic mass is 10.1. The number of carboxylic acid groups (broad SMARTS) is 1. The van der Waals surface area contributed by atoms with Crippen LogP contribution in [0.4, 0.5) is 0 Å². The van der Waals surface area contributed by atoms with E-state index in [0.717, 1.165) is 17.7 Å². The average Bonchev–Trinajstić information content (AvgIpc) is 2.37. The van der Waals surface area contributed by atoms with Crippen LogP contribution < -0.4 is 5.84 Å². The molecule has 0 fully saturated rings. The van der Waals surface area contributed by atoms with Crippen LogP contribution in [0.5, 0.6) is 0 Å². The van der Waals surface area contributed by atoms with Crippen molar-refractivity contribution in [1.29, 1.82) is 0 Å². The Labute approximate surface area is 111 Å². The first-order valence-electron chi connectivity index (χ1n) is 5.61. The quantitative estimate of drug-likeness (QED) is 0.340. The van der Waals surface area contributed by atoms with Gasteiger partial charge in [0.15, 0.2) is 0 Å². The number of aliphatic carboxylic acids is 1. The number of esters is 1. The highest BCUT2D eigenvalue weighted by molar-refractivity contribution is 5.90. The Bertz CT molecular complexity index is 457. The number of nitrogens with zero attached hydrogens (tertiary/aromatic N) is 1. The van der Waals surface area contributed by atoms with Gasteiger partial charge >= 0.3 is 11.9 Å². The third kappa shape index (κ3) is 5.33. The summed E-state index contributed by atoms with van der Waals surface area (Å²) in [6.45, 7) is 0.0415. The van der Waals surface area contributed by atoms with E-state index < -0.39 is 11.9 Å². The van der Waals surface area contributed by atoms with Crippen molar-refractivity contribution in [2.45, 2.75) is 6.04 Å². The lowest BCUT2D eigenvalue weighted by molar-refractivity contribution is -0.140. The van der Waals surface area contributed by atoms with E-state index in [2.05, 4.69) is 0 Å². The molecule has 0 aliphatic rings. The van der Waals surface area contributed by atoms with Crippen molar-refractivity contribution < 1.29 is 19.4 Å². The Morgan fingerprint density at radius 3 is 2.53 bits per heavy atom. The Morgan fingerprint density at radius 2 is 2.00 bits per heavy atom. The van der Waals surface area contributed by atoms with E-state index in [4.69, 9.17) is 15.7 Å². The normalized spacial score (nSPS) is 12.6. The Hall–Kier alpha value is -2.18. The summed E-state index contributed by atoms with van der Waals surface area (Å²) < 4.78 is 4.96. The third-order valence-electron chi connectivity index (χ3n) is 2.42. The number of benzene rings is 1. The second-order valence-corrected chi connectivity index (χ2v) is 3.89. The molecule has 0 aromatic heterocycles. The molecular weight excluding hydrogens is 248 g/mol. The first-order valence-corrected chi connectivity index (χ1v) is 5.61. The number of hydrogen-bond donors (Lipinski definition) is 2. The van der Waals surface area contributed by atoms with Crippen LogP contribution in [0, 0.1) is 0 Å². The molecule has 0 spiro atoms. The fourth-order valence-corrected chi connectivity index (χ4v) is 1.47.